The summed E-state index contributed by atoms with van der Waals surface area (Å²) < 4.78 is 5.93. The molecule has 4 rings (SSSR count). The summed E-state index contributed by atoms with van der Waals surface area (Å²) in [5.41, 5.74) is 1.98. The lowest BCUT2D eigenvalue weighted by atomic mass is 9.46. The quantitative estimate of drug-likeness (QED) is 0.543. The molecule has 3 saturated carbocycles. The van der Waals surface area contributed by atoms with E-state index in [2.05, 4.69) is 39.9 Å². The highest BCUT2D eigenvalue weighted by Crippen LogP contribution is 2.67. The van der Waals surface area contributed by atoms with E-state index >= 15 is 0 Å². The second-order valence-corrected chi connectivity index (χ2v) is 12.0. The van der Waals surface area contributed by atoms with Crippen molar-refractivity contribution in [2.45, 2.75) is 98.5 Å². The van der Waals surface area contributed by atoms with Crippen molar-refractivity contribution in [1.29, 1.82) is 0 Å². The third-order valence-electron chi connectivity index (χ3n) is 9.49. The number of fused-ring (bicyclic) bond motifs is 5. The smallest absolute Gasteiger partial charge is 0.306 e. The zero-order valence-corrected chi connectivity index (χ0v) is 21.6. The van der Waals surface area contributed by atoms with Gasteiger partial charge in [-0.2, -0.15) is 0 Å². The van der Waals surface area contributed by atoms with E-state index in [0.29, 0.717) is 29.5 Å². The van der Waals surface area contributed by atoms with Gasteiger partial charge in [-0.05, 0) is 107 Å². The molecule has 0 aromatic heterocycles. The molecule has 0 heterocycles. The highest BCUT2D eigenvalue weighted by molar-refractivity contribution is 5.91. The van der Waals surface area contributed by atoms with Crippen LogP contribution in [-0.2, 0) is 14.3 Å². The molecule has 0 saturated heterocycles. The molecular formula is C28H47NO3. The predicted molar refractivity (Wildman–Crippen MR) is 130 cm³/mol. The average Bonchev–Trinajstić information content (AvgIpc) is 3.06. The average molecular weight is 446 g/mol. The first kappa shape index (κ1) is 25.5. The fraction of sp³-hybridized carbons (Fsp3) is 0.857. The minimum atomic E-state index is -0.0277. The van der Waals surface area contributed by atoms with Crippen molar-refractivity contribution in [3.8, 4) is 0 Å². The van der Waals surface area contributed by atoms with Gasteiger partial charge in [0.2, 0.25) is 0 Å². The molecule has 7 unspecified atom stereocenters. The molecule has 0 aromatic rings. The zero-order chi connectivity index (χ0) is 23.7. The van der Waals surface area contributed by atoms with Crippen molar-refractivity contribution in [3.63, 3.8) is 0 Å². The Hall–Kier alpha value is -1.16. The van der Waals surface area contributed by atoms with Gasteiger partial charge in [0.25, 0.3) is 0 Å². The maximum absolute atomic E-state index is 12.3. The normalized spacial score (nSPS) is 39.1. The SMILES string of the molecule is CC(C)CC(=O)OC(C)C1CCC2C3CCC4=CC(=O)CCC4(C)C3CCC12C.CNC. The standard InChI is InChI=1S/C26H40O3.C2H7N/c1-16(2)14-24(28)29-17(3)21-8-9-22-20-7-6-18-15-19(27)10-12-25(18,4)23(20)11-13-26(21,22)5;1-3-2/h15-17,20-23H,6-14H2,1-5H3;3H,1-2H3. The number of carbonyl (C=O) groups is 2. The summed E-state index contributed by atoms with van der Waals surface area (Å²) in [6, 6.07) is 0. The van der Waals surface area contributed by atoms with Gasteiger partial charge in [-0.15, -0.1) is 0 Å². The second-order valence-electron chi connectivity index (χ2n) is 12.0. The fourth-order valence-corrected chi connectivity index (χ4v) is 8.04. The summed E-state index contributed by atoms with van der Waals surface area (Å²) >= 11 is 0. The van der Waals surface area contributed by atoms with Gasteiger partial charge >= 0.3 is 5.97 Å². The summed E-state index contributed by atoms with van der Waals surface area (Å²) in [6.45, 7) is 11.2. The molecular weight excluding hydrogens is 398 g/mol. The van der Waals surface area contributed by atoms with E-state index in [4.69, 9.17) is 4.74 Å². The van der Waals surface area contributed by atoms with Crippen molar-refractivity contribution in [2.24, 2.45) is 40.4 Å². The third kappa shape index (κ3) is 4.72. The second kappa shape index (κ2) is 9.99. The topological polar surface area (TPSA) is 55.4 Å². The Bertz CT molecular complexity index is 728. The Morgan fingerprint density at radius 2 is 1.75 bits per heavy atom. The van der Waals surface area contributed by atoms with Crippen LogP contribution in [-0.4, -0.2) is 32.0 Å². The van der Waals surface area contributed by atoms with Crippen LogP contribution in [0.3, 0.4) is 0 Å². The maximum atomic E-state index is 12.3. The van der Waals surface area contributed by atoms with E-state index in [1.54, 1.807) is 0 Å². The summed E-state index contributed by atoms with van der Waals surface area (Å²) in [4.78, 5) is 24.3. The number of nitrogens with one attached hydrogen (secondary N) is 1. The van der Waals surface area contributed by atoms with Crippen LogP contribution in [0, 0.1) is 40.4 Å². The van der Waals surface area contributed by atoms with E-state index in [1.807, 2.05) is 20.2 Å². The van der Waals surface area contributed by atoms with Gasteiger partial charge < -0.3 is 10.1 Å². The van der Waals surface area contributed by atoms with Crippen LogP contribution in [0.2, 0.25) is 0 Å². The van der Waals surface area contributed by atoms with Crippen LogP contribution in [0.5, 0.6) is 0 Å². The Morgan fingerprint density at radius 3 is 2.41 bits per heavy atom. The molecule has 7 atom stereocenters. The molecule has 0 bridgehead atoms. The lowest BCUT2D eigenvalue weighted by Crippen LogP contribution is -2.51. The molecule has 4 aliphatic carbocycles. The van der Waals surface area contributed by atoms with Gasteiger partial charge in [0.05, 0.1) is 0 Å². The summed E-state index contributed by atoms with van der Waals surface area (Å²) in [6.07, 6.45) is 11.7. The van der Waals surface area contributed by atoms with Crippen LogP contribution in [0.15, 0.2) is 11.6 Å². The third-order valence-corrected chi connectivity index (χ3v) is 9.49. The van der Waals surface area contributed by atoms with E-state index < -0.39 is 0 Å². The van der Waals surface area contributed by atoms with Gasteiger partial charge in [0.1, 0.15) is 6.10 Å². The first-order valence-corrected chi connectivity index (χ1v) is 13.1. The Balaban J connectivity index is 0.000000913. The largest absolute Gasteiger partial charge is 0.462 e. The monoisotopic (exact) mass is 445 g/mol. The van der Waals surface area contributed by atoms with Gasteiger partial charge in [0.15, 0.2) is 5.78 Å². The number of allylic oxidation sites excluding steroid dienone is 1. The van der Waals surface area contributed by atoms with Crippen molar-refractivity contribution in [2.75, 3.05) is 14.1 Å². The van der Waals surface area contributed by atoms with Gasteiger partial charge in [-0.25, -0.2) is 0 Å². The molecule has 0 radical (unpaired) electrons. The van der Waals surface area contributed by atoms with Crippen LogP contribution < -0.4 is 5.32 Å². The number of carbonyl (C=O) groups excluding carboxylic acids is 2. The summed E-state index contributed by atoms with van der Waals surface area (Å²) in [5, 5.41) is 2.75. The molecule has 4 heteroatoms. The minimum Gasteiger partial charge on any atom is -0.462 e. The molecule has 0 amide bonds. The molecule has 182 valence electrons. The van der Waals surface area contributed by atoms with Crippen LogP contribution in [0.4, 0.5) is 0 Å². The molecule has 0 spiro atoms. The fourth-order valence-electron chi connectivity index (χ4n) is 8.04. The van der Waals surface area contributed by atoms with E-state index in [-0.39, 0.29) is 17.5 Å². The Morgan fingerprint density at radius 1 is 1.06 bits per heavy atom. The van der Waals surface area contributed by atoms with Gasteiger partial charge in [0, 0.05) is 18.8 Å². The lowest BCUT2D eigenvalue weighted by molar-refractivity contribution is -0.156. The first-order valence-electron chi connectivity index (χ1n) is 13.1. The number of esters is 1. The summed E-state index contributed by atoms with van der Waals surface area (Å²) in [7, 11) is 3.75. The van der Waals surface area contributed by atoms with Gasteiger partial charge in [-0.3, -0.25) is 9.59 Å². The van der Waals surface area contributed by atoms with E-state index in [1.165, 1.54) is 37.7 Å². The molecule has 0 aromatic carbocycles. The molecule has 32 heavy (non-hydrogen) atoms. The van der Waals surface area contributed by atoms with Crippen molar-refractivity contribution >= 4 is 11.8 Å². The maximum Gasteiger partial charge on any atom is 0.306 e. The van der Waals surface area contributed by atoms with Crippen molar-refractivity contribution in [1.82, 2.24) is 5.32 Å². The lowest BCUT2D eigenvalue weighted by Gasteiger charge is -2.58. The van der Waals surface area contributed by atoms with E-state index in [9.17, 15) is 9.59 Å². The Labute approximate surface area is 196 Å². The molecule has 4 nitrogen and oxygen atoms in total. The molecule has 3 fully saturated rings. The molecule has 0 aliphatic heterocycles. The van der Waals surface area contributed by atoms with Crippen molar-refractivity contribution in [3.05, 3.63) is 11.6 Å². The molecule has 4 aliphatic rings. The predicted octanol–water partition coefficient (Wildman–Crippen LogP) is 5.95. The first-order chi connectivity index (χ1) is 15.1. The number of ketones is 1. The number of rotatable bonds is 4. The summed E-state index contributed by atoms with van der Waals surface area (Å²) in [5.74, 6) is 3.40. The Kier molecular flexibility index (Phi) is 7.95. The van der Waals surface area contributed by atoms with Crippen LogP contribution in [0.25, 0.3) is 0 Å². The molecule has 1 N–H and O–H groups in total. The zero-order valence-electron chi connectivity index (χ0n) is 21.6. The number of hydrogen-bond acceptors (Lipinski definition) is 4. The highest BCUT2D eigenvalue weighted by atomic mass is 16.5. The number of hydrogen-bond donors (Lipinski definition) is 1. The highest BCUT2D eigenvalue weighted by Gasteiger charge is 2.59. The number of ether oxygens (including phenoxy) is 1. The minimum absolute atomic E-state index is 0.0229. The van der Waals surface area contributed by atoms with Gasteiger partial charge in [-0.1, -0.05) is 33.3 Å². The van der Waals surface area contributed by atoms with Crippen LogP contribution in [0.1, 0.15) is 92.4 Å². The van der Waals surface area contributed by atoms with Crippen molar-refractivity contribution < 1.29 is 14.3 Å². The van der Waals surface area contributed by atoms with E-state index in [0.717, 1.165) is 37.0 Å². The van der Waals surface area contributed by atoms with Crippen LogP contribution >= 0.6 is 0 Å².